The van der Waals surface area contributed by atoms with Crippen LogP contribution in [0.4, 0.5) is 5.69 Å². The molecule has 0 atom stereocenters. The number of nitrogens with zero attached hydrogens (tertiary/aromatic N) is 2. The summed E-state index contributed by atoms with van der Waals surface area (Å²) in [5.41, 5.74) is 0.491. The zero-order valence-corrected chi connectivity index (χ0v) is 13.9. The standard InChI is InChI=1S/C18H18N4O4/c23-17(19-10-16-7-4-8-25-16)12-22-11-14(9-20-22)21-18(24)13-26-15-5-2-1-3-6-15/h1-9,11H,10,12-13H2,(H,19,23)(H,21,24). The molecule has 2 N–H and O–H groups in total. The third-order valence-electron chi connectivity index (χ3n) is 3.38. The van der Waals surface area contributed by atoms with Gasteiger partial charge in [0.1, 0.15) is 18.1 Å². The van der Waals surface area contributed by atoms with Crippen molar-refractivity contribution in [2.24, 2.45) is 0 Å². The topological polar surface area (TPSA) is 98.4 Å². The summed E-state index contributed by atoms with van der Waals surface area (Å²) in [6.07, 6.45) is 4.60. The quantitative estimate of drug-likeness (QED) is 0.643. The van der Waals surface area contributed by atoms with Crippen LogP contribution >= 0.6 is 0 Å². The highest BCUT2D eigenvalue weighted by Gasteiger charge is 2.08. The SMILES string of the molecule is O=C(Cn1cc(NC(=O)COc2ccccc2)cn1)NCc1ccco1. The Kier molecular flexibility index (Phi) is 5.66. The minimum atomic E-state index is -0.310. The molecule has 0 bridgehead atoms. The molecule has 3 rings (SSSR count). The molecule has 2 heterocycles. The van der Waals surface area contributed by atoms with E-state index in [-0.39, 0.29) is 25.0 Å². The molecule has 2 aromatic heterocycles. The monoisotopic (exact) mass is 354 g/mol. The summed E-state index contributed by atoms with van der Waals surface area (Å²) in [4.78, 5) is 23.8. The highest BCUT2D eigenvalue weighted by Crippen LogP contribution is 2.09. The lowest BCUT2D eigenvalue weighted by Crippen LogP contribution is -2.27. The molecule has 134 valence electrons. The van der Waals surface area contributed by atoms with E-state index in [4.69, 9.17) is 9.15 Å². The molecule has 0 aliphatic rings. The smallest absolute Gasteiger partial charge is 0.262 e. The van der Waals surface area contributed by atoms with Gasteiger partial charge in [-0.25, -0.2) is 0 Å². The summed E-state index contributed by atoms with van der Waals surface area (Å²) in [6.45, 7) is 0.240. The molecule has 3 aromatic rings. The predicted octanol–water partition coefficient (Wildman–Crippen LogP) is 1.81. The fourth-order valence-electron chi connectivity index (χ4n) is 2.18. The maximum Gasteiger partial charge on any atom is 0.262 e. The number of nitrogens with one attached hydrogen (secondary N) is 2. The molecule has 1 aromatic carbocycles. The minimum Gasteiger partial charge on any atom is -0.484 e. The molecule has 0 aliphatic carbocycles. The second-order valence-corrected chi connectivity index (χ2v) is 5.43. The first-order valence-electron chi connectivity index (χ1n) is 7.98. The van der Waals surface area contributed by atoms with Crippen molar-refractivity contribution in [2.75, 3.05) is 11.9 Å². The summed E-state index contributed by atoms with van der Waals surface area (Å²) in [5.74, 6) is 0.766. The molecule has 0 unspecified atom stereocenters. The zero-order valence-electron chi connectivity index (χ0n) is 13.9. The Labute approximate surface area is 149 Å². The van der Waals surface area contributed by atoms with E-state index in [1.807, 2.05) is 18.2 Å². The lowest BCUT2D eigenvalue weighted by Gasteiger charge is -2.05. The predicted molar refractivity (Wildman–Crippen MR) is 93.3 cm³/mol. The summed E-state index contributed by atoms with van der Waals surface area (Å²) < 4.78 is 11.9. The second-order valence-electron chi connectivity index (χ2n) is 5.43. The first-order valence-corrected chi connectivity index (χ1v) is 7.98. The van der Waals surface area contributed by atoms with E-state index in [0.29, 0.717) is 23.7 Å². The van der Waals surface area contributed by atoms with E-state index < -0.39 is 0 Å². The number of anilines is 1. The fourth-order valence-corrected chi connectivity index (χ4v) is 2.18. The van der Waals surface area contributed by atoms with Gasteiger partial charge in [0.25, 0.3) is 5.91 Å². The van der Waals surface area contributed by atoms with Crippen LogP contribution in [0.25, 0.3) is 0 Å². The highest BCUT2D eigenvalue weighted by molar-refractivity contribution is 5.91. The molecule has 8 heteroatoms. The summed E-state index contributed by atoms with van der Waals surface area (Å²) >= 11 is 0. The largest absolute Gasteiger partial charge is 0.484 e. The van der Waals surface area contributed by atoms with Crippen LogP contribution in [-0.2, 0) is 22.7 Å². The van der Waals surface area contributed by atoms with Gasteiger partial charge in [-0.2, -0.15) is 5.10 Å². The minimum absolute atomic E-state index is 0.0388. The van der Waals surface area contributed by atoms with Crippen molar-refractivity contribution in [1.29, 1.82) is 0 Å². The Balaban J connectivity index is 1.42. The Morgan fingerprint density at radius 3 is 2.73 bits per heavy atom. The highest BCUT2D eigenvalue weighted by atomic mass is 16.5. The number of para-hydroxylation sites is 1. The molecule has 0 saturated heterocycles. The number of carbonyl (C=O) groups excluding carboxylic acids is 2. The van der Waals surface area contributed by atoms with E-state index >= 15 is 0 Å². The Hall–Kier alpha value is -3.55. The normalized spacial score (nSPS) is 10.3. The number of furan rings is 1. The first kappa shape index (κ1) is 17.3. The van der Waals surface area contributed by atoms with Crippen LogP contribution in [0.15, 0.2) is 65.5 Å². The van der Waals surface area contributed by atoms with Gasteiger partial charge in [-0.1, -0.05) is 18.2 Å². The fraction of sp³-hybridized carbons (Fsp3) is 0.167. The molecule has 2 amide bonds. The van der Waals surface area contributed by atoms with Crippen LogP contribution in [-0.4, -0.2) is 28.2 Å². The molecule has 26 heavy (non-hydrogen) atoms. The number of benzene rings is 1. The Morgan fingerprint density at radius 1 is 1.12 bits per heavy atom. The van der Waals surface area contributed by atoms with Gasteiger partial charge in [0.15, 0.2) is 6.61 Å². The second kappa shape index (κ2) is 8.52. The van der Waals surface area contributed by atoms with Crippen molar-refractivity contribution < 1.29 is 18.7 Å². The summed E-state index contributed by atoms with van der Waals surface area (Å²) in [7, 11) is 0. The number of carbonyl (C=O) groups is 2. The third kappa shape index (κ3) is 5.23. The van der Waals surface area contributed by atoms with E-state index in [0.717, 1.165) is 0 Å². The third-order valence-corrected chi connectivity index (χ3v) is 3.38. The van der Waals surface area contributed by atoms with Crippen LogP contribution in [0, 0.1) is 0 Å². The number of ether oxygens (including phenoxy) is 1. The Morgan fingerprint density at radius 2 is 1.96 bits per heavy atom. The molecule has 8 nitrogen and oxygen atoms in total. The zero-order chi connectivity index (χ0) is 18.2. The van der Waals surface area contributed by atoms with Gasteiger partial charge in [-0.3, -0.25) is 14.3 Å². The number of rotatable bonds is 8. The summed E-state index contributed by atoms with van der Waals surface area (Å²) in [5, 5.41) is 9.44. The van der Waals surface area contributed by atoms with E-state index in [9.17, 15) is 9.59 Å². The van der Waals surface area contributed by atoms with Crippen molar-refractivity contribution in [3.8, 4) is 5.75 Å². The number of hydrogen-bond donors (Lipinski definition) is 2. The van der Waals surface area contributed by atoms with Crippen LogP contribution in [0.2, 0.25) is 0 Å². The van der Waals surface area contributed by atoms with E-state index in [2.05, 4.69) is 15.7 Å². The Bertz CT molecular complexity index is 843. The van der Waals surface area contributed by atoms with Gasteiger partial charge < -0.3 is 19.8 Å². The van der Waals surface area contributed by atoms with Gasteiger partial charge >= 0.3 is 0 Å². The molecule has 0 fully saturated rings. The average molecular weight is 354 g/mol. The summed E-state index contributed by atoms with van der Waals surface area (Å²) in [6, 6.07) is 12.6. The molecule has 0 radical (unpaired) electrons. The lowest BCUT2D eigenvalue weighted by molar-refractivity contribution is -0.122. The van der Waals surface area contributed by atoms with E-state index in [1.165, 1.54) is 10.9 Å². The van der Waals surface area contributed by atoms with Gasteiger partial charge in [-0.05, 0) is 24.3 Å². The van der Waals surface area contributed by atoms with Gasteiger partial charge in [0.05, 0.1) is 24.7 Å². The number of aromatic nitrogens is 2. The van der Waals surface area contributed by atoms with Gasteiger partial charge in [0.2, 0.25) is 5.91 Å². The molecular formula is C18H18N4O4. The van der Waals surface area contributed by atoms with Crippen molar-refractivity contribution >= 4 is 17.5 Å². The number of hydrogen-bond acceptors (Lipinski definition) is 5. The van der Waals surface area contributed by atoms with E-state index in [1.54, 1.807) is 36.7 Å². The molecule has 0 saturated carbocycles. The van der Waals surface area contributed by atoms with Crippen LogP contribution < -0.4 is 15.4 Å². The van der Waals surface area contributed by atoms with Crippen LogP contribution in [0.3, 0.4) is 0 Å². The molecule has 0 aliphatic heterocycles. The van der Waals surface area contributed by atoms with Crippen molar-refractivity contribution in [3.63, 3.8) is 0 Å². The lowest BCUT2D eigenvalue weighted by atomic mass is 10.3. The molecule has 0 spiro atoms. The number of amides is 2. The van der Waals surface area contributed by atoms with Gasteiger partial charge in [-0.15, -0.1) is 0 Å². The first-order chi connectivity index (χ1) is 12.7. The van der Waals surface area contributed by atoms with Gasteiger partial charge in [0, 0.05) is 6.20 Å². The maximum atomic E-state index is 11.9. The van der Waals surface area contributed by atoms with Crippen LogP contribution in [0.1, 0.15) is 5.76 Å². The van der Waals surface area contributed by atoms with Crippen molar-refractivity contribution in [2.45, 2.75) is 13.1 Å². The van der Waals surface area contributed by atoms with Crippen molar-refractivity contribution in [3.05, 3.63) is 66.9 Å². The molecular weight excluding hydrogens is 336 g/mol. The van der Waals surface area contributed by atoms with Crippen LogP contribution in [0.5, 0.6) is 5.75 Å². The van der Waals surface area contributed by atoms with Crippen molar-refractivity contribution in [1.82, 2.24) is 15.1 Å². The maximum absolute atomic E-state index is 11.9. The average Bonchev–Trinajstić information content (AvgIpc) is 3.31.